The molecule has 0 spiro atoms. The molecule has 5 nitrogen and oxygen atoms in total. The summed E-state index contributed by atoms with van der Waals surface area (Å²) in [4.78, 5) is 11.4. The molecule has 0 aliphatic rings. The van der Waals surface area contributed by atoms with Crippen molar-refractivity contribution in [1.82, 2.24) is 15.1 Å². The highest BCUT2D eigenvalue weighted by molar-refractivity contribution is 5.91. The molecule has 2 N–H and O–H groups in total. The van der Waals surface area contributed by atoms with Gasteiger partial charge in [-0.3, -0.25) is 9.48 Å². The molecule has 1 aromatic heterocycles. The first-order valence-electron chi connectivity index (χ1n) is 5.70. The highest BCUT2D eigenvalue weighted by atomic mass is 16.3. The van der Waals surface area contributed by atoms with Gasteiger partial charge in [-0.1, -0.05) is 0 Å². The largest absolute Gasteiger partial charge is 0.393 e. The fourth-order valence-electron chi connectivity index (χ4n) is 1.37. The minimum atomic E-state index is -0.308. The van der Waals surface area contributed by atoms with Gasteiger partial charge >= 0.3 is 0 Å². The van der Waals surface area contributed by atoms with E-state index in [1.807, 2.05) is 13.2 Å². The first kappa shape index (κ1) is 13.4. The Morgan fingerprint density at radius 1 is 1.71 bits per heavy atom. The van der Waals surface area contributed by atoms with Crippen LogP contribution in [0.3, 0.4) is 0 Å². The van der Waals surface area contributed by atoms with E-state index in [0.29, 0.717) is 13.0 Å². The van der Waals surface area contributed by atoms with Crippen molar-refractivity contribution in [2.45, 2.75) is 25.9 Å². The molecule has 0 aliphatic heterocycles. The van der Waals surface area contributed by atoms with E-state index in [4.69, 9.17) is 5.11 Å². The van der Waals surface area contributed by atoms with E-state index >= 15 is 0 Å². The van der Waals surface area contributed by atoms with Gasteiger partial charge in [0.1, 0.15) is 0 Å². The lowest BCUT2D eigenvalue weighted by Crippen LogP contribution is -2.22. The normalized spacial score (nSPS) is 12.9. The molecule has 0 radical (unpaired) electrons. The summed E-state index contributed by atoms with van der Waals surface area (Å²) in [6.45, 7) is 2.32. The van der Waals surface area contributed by atoms with Crippen LogP contribution in [0, 0.1) is 0 Å². The number of nitrogens with zero attached hydrogens (tertiary/aromatic N) is 2. The summed E-state index contributed by atoms with van der Waals surface area (Å²) in [5.74, 6) is -0.126. The first-order valence-corrected chi connectivity index (χ1v) is 5.70. The summed E-state index contributed by atoms with van der Waals surface area (Å²) >= 11 is 0. The quantitative estimate of drug-likeness (QED) is 0.565. The summed E-state index contributed by atoms with van der Waals surface area (Å²) in [6, 6.07) is 0. The summed E-state index contributed by atoms with van der Waals surface area (Å²) < 4.78 is 1.68. The number of carbonyl (C=O) groups excluding carboxylic acids is 1. The Morgan fingerprint density at radius 3 is 3.06 bits per heavy atom. The van der Waals surface area contributed by atoms with Crippen LogP contribution in [-0.4, -0.2) is 33.4 Å². The third-order valence-electron chi connectivity index (χ3n) is 2.25. The van der Waals surface area contributed by atoms with Gasteiger partial charge in [0.15, 0.2) is 0 Å². The number of amides is 1. The minimum absolute atomic E-state index is 0.126. The third kappa shape index (κ3) is 5.87. The summed E-state index contributed by atoms with van der Waals surface area (Å²) in [6.07, 6.45) is 7.90. The van der Waals surface area contributed by atoms with E-state index < -0.39 is 0 Å². The molecular weight excluding hydrogens is 218 g/mol. The fraction of sp³-hybridized carbons (Fsp3) is 0.500. The molecule has 0 aromatic carbocycles. The molecule has 1 unspecified atom stereocenters. The zero-order valence-corrected chi connectivity index (χ0v) is 10.3. The number of nitrogens with one attached hydrogen (secondary N) is 1. The number of carbonyl (C=O) groups is 1. The lowest BCUT2D eigenvalue weighted by Gasteiger charge is -2.03. The lowest BCUT2D eigenvalue weighted by atomic mass is 10.2. The molecule has 1 rings (SSSR count). The van der Waals surface area contributed by atoms with Gasteiger partial charge in [-0.25, -0.2) is 0 Å². The van der Waals surface area contributed by atoms with Crippen molar-refractivity contribution < 1.29 is 9.90 Å². The SMILES string of the molecule is CC(O)CCCNC(=O)/C=C/c1cnn(C)c1. The van der Waals surface area contributed by atoms with Crippen molar-refractivity contribution >= 4 is 12.0 Å². The number of aliphatic hydroxyl groups excluding tert-OH is 1. The van der Waals surface area contributed by atoms with Gasteiger partial charge in [0, 0.05) is 31.4 Å². The average molecular weight is 237 g/mol. The smallest absolute Gasteiger partial charge is 0.244 e. The topological polar surface area (TPSA) is 67.2 Å². The van der Waals surface area contributed by atoms with Gasteiger partial charge < -0.3 is 10.4 Å². The second-order valence-corrected chi connectivity index (χ2v) is 4.06. The second kappa shape index (κ2) is 6.85. The zero-order chi connectivity index (χ0) is 12.7. The van der Waals surface area contributed by atoms with Crippen molar-refractivity contribution in [3.8, 4) is 0 Å². The Kier molecular flexibility index (Phi) is 5.42. The van der Waals surface area contributed by atoms with Crippen LogP contribution in [0.15, 0.2) is 18.5 Å². The van der Waals surface area contributed by atoms with Crippen LogP contribution in [-0.2, 0) is 11.8 Å². The molecule has 0 saturated heterocycles. The van der Waals surface area contributed by atoms with Gasteiger partial charge in [0.2, 0.25) is 5.91 Å². The number of aromatic nitrogens is 2. The molecule has 0 aliphatic carbocycles. The van der Waals surface area contributed by atoms with Crippen molar-refractivity contribution in [2.75, 3.05) is 6.54 Å². The number of aliphatic hydroxyl groups is 1. The summed E-state index contributed by atoms with van der Waals surface area (Å²) in [5, 5.41) is 15.8. The summed E-state index contributed by atoms with van der Waals surface area (Å²) in [7, 11) is 1.83. The highest BCUT2D eigenvalue weighted by Gasteiger charge is 1.98. The van der Waals surface area contributed by atoms with E-state index in [2.05, 4.69) is 10.4 Å². The molecule has 0 saturated carbocycles. The van der Waals surface area contributed by atoms with Gasteiger partial charge in [-0.05, 0) is 25.8 Å². The monoisotopic (exact) mass is 237 g/mol. The predicted octanol–water partition coefficient (Wildman–Crippen LogP) is 0.710. The molecule has 5 heteroatoms. The van der Waals surface area contributed by atoms with Crippen molar-refractivity contribution in [1.29, 1.82) is 0 Å². The molecule has 0 bridgehead atoms. The number of hydrogen-bond acceptors (Lipinski definition) is 3. The number of aryl methyl sites for hydroxylation is 1. The Morgan fingerprint density at radius 2 is 2.47 bits per heavy atom. The van der Waals surface area contributed by atoms with Crippen molar-refractivity contribution in [3.63, 3.8) is 0 Å². The zero-order valence-electron chi connectivity index (χ0n) is 10.3. The predicted molar refractivity (Wildman–Crippen MR) is 66.2 cm³/mol. The molecule has 17 heavy (non-hydrogen) atoms. The molecular formula is C12H19N3O2. The second-order valence-electron chi connectivity index (χ2n) is 4.06. The van der Waals surface area contributed by atoms with Crippen molar-refractivity contribution in [2.24, 2.45) is 7.05 Å². The van der Waals surface area contributed by atoms with Crippen LogP contribution < -0.4 is 5.32 Å². The molecule has 0 fully saturated rings. The van der Waals surface area contributed by atoms with Gasteiger partial charge in [-0.15, -0.1) is 0 Å². The maximum absolute atomic E-state index is 11.4. The Balaban J connectivity index is 2.23. The Hall–Kier alpha value is -1.62. The molecule has 1 amide bonds. The average Bonchev–Trinajstić information content (AvgIpc) is 2.67. The van der Waals surface area contributed by atoms with Gasteiger partial charge in [0.25, 0.3) is 0 Å². The Bertz CT molecular complexity index is 383. The molecule has 94 valence electrons. The van der Waals surface area contributed by atoms with Crippen LogP contribution in [0.5, 0.6) is 0 Å². The highest BCUT2D eigenvalue weighted by Crippen LogP contribution is 1.98. The molecule has 1 atom stereocenters. The summed E-state index contributed by atoms with van der Waals surface area (Å²) in [5.41, 5.74) is 0.895. The van der Waals surface area contributed by atoms with Gasteiger partial charge in [0.05, 0.1) is 12.3 Å². The van der Waals surface area contributed by atoms with Crippen LogP contribution in [0.25, 0.3) is 6.08 Å². The standard InChI is InChI=1S/C12H19N3O2/c1-10(16)4-3-7-13-12(17)6-5-11-8-14-15(2)9-11/h5-6,8-10,16H,3-4,7H2,1-2H3,(H,13,17)/b6-5+. The Labute approximate surface area is 101 Å². The van der Waals surface area contributed by atoms with E-state index in [1.165, 1.54) is 6.08 Å². The first-order chi connectivity index (χ1) is 8.08. The maximum atomic E-state index is 11.4. The van der Waals surface area contributed by atoms with Crippen LogP contribution >= 0.6 is 0 Å². The van der Waals surface area contributed by atoms with Crippen molar-refractivity contribution in [3.05, 3.63) is 24.0 Å². The fourth-order valence-corrected chi connectivity index (χ4v) is 1.37. The molecule has 1 heterocycles. The van der Waals surface area contributed by atoms with Crippen LogP contribution in [0.1, 0.15) is 25.3 Å². The third-order valence-corrected chi connectivity index (χ3v) is 2.25. The van der Waals surface area contributed by atoms with E-state index in [-0.39, 0.29) is 12.0 Å². The minimum Gasteiger partial charge on any atom is -0.393 e. The van der Waals surface area contributed by atoms with E-state index in [9.17, 15) is 4.79 Å². The van der Waals surface area contributed by atoms with Crippen LogP contribution in [0.2, 0.25) is 0 Å². The number of rotatable bonds is 6. The van der Waals surface area contributed by atoms with E-state index in [1.54, 1.807) is 23.9 Å². The van der Waals surface area contributed by atoms with Gasteiger partial charge in [-0.2, -0.15) is 5.10 Å². The molecule has 1 aromatic rings. The van der Waals surface area contributed by atoms with E-state index in [0.717, 1.165) is 12.0 Å². The lowest BCUT2D eigenvalue weighted by molar-refractivity contribution is -0.116. The maximum Gasteiger partial charge on any atom is 0.244 e. The number of hydrogen-bond donors (Lipinski definition) is 2. The van der Waals surface area contributed by atoms with Crippen LogP contribution in [0.4, 0.5) is 0 Å².